The summed E-state index contributed by atoms with van der Waals surface area (Å²) in [6.07, 6.45) is 4.45. The Morgan fingerprint density at radius 2 is 2.15 bits per heavy atom. The highest BCUT2D eigenvalue weighted by molar-refractivity contribution is 7.91. The van der Waals surface area contributed by atoms with Gasteiger partial charge in [-0.05, 0) is 51.2 Å². The van der Waals surface area contributed by atoms with Gasteiger partial charge in [0.15, 0.2) is 0 Å². The van der Waals surface area contributed by atoms with Crippen LogP contribution in [0, 0.1) is 6.92 Å². The molecule has 2 fully saturated rings. The van der Waals surface area contributed by atoms with Crippen molar-refractivity contribution >= 4 is 21.4 Å². The first kappa shape index (κ1) is 14.5. The van der Waals surface area contributed by atoms with Crippen molar-refractivity contribution < 1.29 is 8.42 Å². The molecule has 1 aliphatic carbocycles. The number of sulfonamides is 1. The summed E-state index contributed by atoms with van der Waals surface area (Å²) in [7, 11) is -3.29. The first-order valence-corrected chi connectivity index (χ1v) is 9.58. The molecule has 1 aromatic rings. The SMILES string of the molecule is Cc1cc(S(=O)(=O)N2CCCC2C)sc1CNC1CC1. The zero-order chi connectivity index (χ0) is 14.3. The first-order chi connectivity index (χ1) is 9.48. The molecule has 1 aromatic heterocycles. The minimum Gasteiger partial charge on any atom is -0.309 e. The zero-order valence-corrected chi connectivity index (χ0v) is 13.7. The van der Waals surface area contributed by atoms with E-state index < -0.39 is 10.0 Å². The fourth-order valence-electron chi connectivity index (χ4n) is 2.70. The summed E-state index contributed by atoms with van der Waals surface area (Å²) < 4.78 is 27.5. The van der Waals surface area contributed by atoms with Crippen molar-refractivity contribution in [2.75, 3.05) is 6.54 Å². The molecule has 1 unspecified atom stereocenters. The van der Waals surface area contributed by atoms with Crippen LogP contribution in [0.2, 0.25) is 0 Å². The average molecular weight is 314 g/mol. The number of hydrogen-bond acceptors (Lipinski definition) is 4. The number of rotatable bonds is 5. The maximum atomic E-state index is 12.7. The summed E-state index contributed by atoms with van der Waals surface area (Å²) in [6.45, 7) is 5.47. The zero-order valence-electron chi connectivity index (χ0n) is 12.1. The Labute approximate surface area is 125 Å². The van der Waals surface area contributed by atoms with Crippen molar-refractivity contribution in [2.24, 2.45) is 0 Å². The molecule has 2 heterocycles. The second-order valence-corrected chi connectivity index (χ2v) is 9.19. The van der Waals surface area contributed by atoms with E-state index in [-0.39, 0.29) is 6.04 Å². The normalized spacial score (nSPS) is 24.4. The van der Waals surface area contributed by atoms with Gasteiger partial charge in [0.25, 0.3) is 10.0 Å². The van der Waals surface area contributed by atoms with E-state index in [1.807, 2.05) is 19.9 Å². The summed E-state index contributed by atoms with van der Waals surface area (Å²) in [5.41, 5.74) is 1.09. The Balaban J connectivity index is 1.80. The first-order valence-electron chi connectivity index (χ1n) is 7.33. The number of nitrogens with one attached hydrogen (secondary N) is 1. The third kappa shape index (κ3) is 2.79. The van der Waals surface area contributed by atoms with Crippen molar-refractivity contribution in [3.63, 3.8) is 0 Å². The van der Waals surface area contributed by atoms with Crippen LogP contribution in [0.3, 0.4) is 0 Å². The maximum Gasteiger partial charge on any atom is 0.252 e. The van der Waals surface area contributed by atoms with E-state index in [1.54, 1.807) is 4.31 Å². The lowest BCUT2D eigenvalue weighted by Crippen LogP contribution is -2.33. The minimum atomic E-state index is -3.29. The summed E-state index contributed by atoms with van der Waals surface area (Å²) in [5, 5.41) is 3.46. The van der Waals surface area contributed by atoms with E-state index in [0.717, 1.165) is 29.8 Å². The van der Waals surface area contributed by atoms with Gasteiger partial charge in [0.1, 0.15) is 4.21 Å². The van der Waals surface area contributed by atoms with Crippen LogP contribution in [-0.4, -0.2) is 31.4 Å². The second kappa shape index (κ2) is 5.40. The predicted octanol–water partition coefficient (Wildman–Crippen LogP) is 2.48. The van der Waals surface area contributed by atoms with Crippen molar-refractivity contribution in [3.8, 4) is 0 Å². The number of thiophene rings is 1. The number of nitrogens with zero attached hydrogens (tertiary/aromatic N) is 1. The van der Waals surface area contributed by atoms with Crippen molar-refractivity contribution in [1.82, 2.24) is 9.62 Å². The summed E-state index contributed by atoms with van der Waals surface area (Å²) in [5.74, 6) is 0. The molecule has 0 spiro atoms. The lowest BCUT2D eigenvalue weighted by atomic mass is 10.3. The molecule has 1 saturated carbocycles. The van der Waals surface area contributed by atoms with Gasteiger partial charge in [0.2, 0.25) is 0 Å². The second-order valence-electron chi connectivity index (χ2n) is 5.93. The molecule has 0 aromatic carbocycles. The Morgan fingerprint density at radius 3 is 2.75 bits per heavy atom. The van der Waals surface area contributed by atoms with Gasteiger partial charge in [-0.2, -0.15) is 4.31 Å². The Morgan fingerprint density at radius 1 is 1.40 bits per heavy atom. The van der Waals surface area contributed by atoms with Gasteiger partial charge in [-0.25, -0.2) is 8.42 Å². The van der Waals surface area contributed by atoms with Crippen LogP contribution in [0.15, 0.2) is 10.3 Å². The Hall–Kier alpha value is -0.430. The van der Waals surface area contributed by atoms with Gasteiger partial charge in [0, 0.05) is 30.1 Å². The van der Waals surface area contributed by atoms with Crippen LogP contribution in [0.5, 0.6) is 0 Å². The van der Waals surface area contributed by atoms with Crippen molar-refractivity contribution in [1.29, 1.82) is 0 Å². The molecule has 0 bridgehead atoms. The van der Waals surface area contributed by atoms with Crippen LogP contribution in [0.25, 0.3) is 0 Å². The van der Waals surface area contributed by atoms with Crippen LogP contribution in [-0.2, 0) is 16.6 Å². The van der Waals surface area contributed by atoms with Gasteiger partial charge >= 0.3 is 0 Å². The molecule has 6 heteroatoms. The van der Waals surface area contributed by atoms with Crippen LogP contribution >= 0.6 is 11.3 Å². The summed E-state index contributed by atoms with van der Waals surface area (Å²) in [6, 6.07) is 2.63. The van der Waals surface area contributed by atoms with E-state index in [1.165, 1.54) is 24.2 Å². The summed E-state index contributed by atoms with van der Waals surface area (Å²) >= 11 is 1.43. The third-order valence-electron chi connectivity index (χ3n) is 4.18. The third-order valence-corrected chi connectivity index (χ3v) is 7.88. The van der Waals surface area contributed by atoms with Gasteiger partial charge < -0.3 is 5.32 Å². The maximum absolute atomic E-state index is 12.7. The van der Waals surface area contributed by atoms with Gasteiger partial charge in [-0.3, -0.25) is 0 Å². The molecule has 1 saturated heterocycles. The molecule has 1 N–H and O–H groups in total. The van der Waals surface area contributed by atoms with E-state index in [4.69, 9.17) is 0 Å². The number of aryl methyl sites for hydroxylation is 1. The highest BCUT2D eigenvalue weighted by Crippen LogP contribution is 2.32. The molecule has 1 aliphatic heterocycles. The monoisotopic (exact) mass is 314 g/mol. The molecule has 0 radical (unpaired) electrons. The minimum absolute atomic E-state index is 0.135. The lowest BCUT2D eigenvalue weighted by Gasteiger charge is -2.19. The molecule has 2 aliphatic rings. The molecular formula is C14H22N2O2S2. The highest BCUT2D eigenvalue weighted by Gasteiger charge is 2.34. The van der Waals surface area contributed by atoms with Gasteiger partial charge in [-0.1, -0.05) is 0 Å². The quantitative estimate of drug-likeness (QED) is 0.908. The van der Waals surface area contributed by atoms with Gasteiger partial charge in [-0.15, -0.1) is 11.3 Å². The van der Waals surface area contributed by atoms with E-state index in [9.17, 15) is 8.42 Å². The predicted molar refractivity (Wildman–Crippen MR) is 81.5 cm³/mol. The molecular weight excluding hydrogens is 292 g/mol. The molecule has 112 valence electrons. The van der Waals surface area contributed by atoms with Gasteiger partial charge in [0.05, 0.1) is 0 Å². The van der Waals surface area contributed by atoms with Crippen molar-refractivity contribution in [2.45, 2.75) is 62.4 Å². The van der Waals surface area contributed by atoms with E-state index >= 15 is 0 Å². The molecule has 4 nitrogen and oxygen atoms in total. The fourth-order valence-corrected chi connectivity index (χ4v) is 6.07. The molecule has 0 amide bonds. The van der Waals surface area contributed by atoms with Crippen LogP contribution < -0.4 is 5.32 Å². The molecule has 1 atom stereocenters. The largest absolute Gasteiger partial charge is 0.309 e. The van der Waals surface area contributed by atoms with Crippen molar-refractivity contribution in [3.05, 3.63) is 16.5 Å². The van der Waals surface area contributed by atoms with Crippen LogP contribution in [0.1, 0.15) is 43.0 Å². The average Bonchev–Trinajstić information content (AvgIpc) is 2.99. The Kier molecular flexibility index (Phi) is 3.92. The van der Waals surface area contributed by atoms with E-state index in [0.29, 0.717) is 16.8 Å². The van der Waals surface area contributed by atoms with E-state index in [2.05, 4.69) is 5.32 Å². The topological polar surface area (TPSA) is 49.4 Å². The standard InChI is InChI=1S/C14H22N2O2S2/c1-10-8-14(19-13(10)9-15-12-5-6-12)20(17,18)16-7-3-4-11(16)2/h8,11-12,15H,3-7,9H2,1-2H3. The highest BCUT2D eigenvalue weighted by atomic mass is 32.2. The van der Waals surface area contributed by atoms with Crippen LogP contribution in [0.4, 0.5) is 0 Å². The number of hydrogen-bond donors (Lipinski definition) is 1. The smallest absolute Gasteiger partial charge is 0.252 e. The molecule has 3 rings (SSSR count). The summed E-state index contributed by atoms with van der Waals surface area (Å²) in [4.78, 5) is 1.15. The lowest BCUT2D eigenvalue weighted by molar-refractivity contribution is 0.409. The fraction of sp³-hybridized carbons (Fsp3) is 0.714. The molecule has 20 heavy (non-hydrogen) atoms. The Bertz CT molecular complexity index is 590.